The molecule has 2 aromatic rings. The third-order valence-electron chi connectivity index (χ3n) is 4.02. The van der Waals surface area contributed by atoms with Gasteiger partial charge in [-0.3, -0.25) is 9.59 Å². The molecule has 1 saturated carbocycles. The third kappa shape index (κ3) is 3.56. The molecule has 0 saturated heterocycles. The smallest absolute Gasteiger partial charge is 0.316 e. The number of rotatable bonds is 6. The number of aromatic nitrogens is 2. The van der Waals surface area contributed by atoms with Crippen LogP contribution in [0.5, 0.6) is 6.01 Å². The number of ether oxygens (including phenoxy) is 1. The van der Waals surface area contributed by atoms with Crippen LogP contribution in [0.4, 0.5) is 4.39 Å². The van der Waals surface area contributed by atoms with E-state index in [0.29, 0.717) is 30.3 Å². The number of halogens is 1. The van der Waals surface area contributed by atoms with E-state index in [-0.39, 0.29) is 30.0 Å². The van der Waals surface area contributed by atoms with Crippen LogP contribution < -0.4 is 4.74 Å². The van der Waals surface area contributed by atoms with E-state index in [1.165, 1.54) is 24.5 Å². The molecule has 1 aromatic carbocycles. The molecule has 1 heterocycles. The van der Waals surface area contributed by atoms with Gasteiger partial charge in [-0.05, 0) is 36.5 Å². The summed E-state index contributed by atoms with van der Waals surface area (Å²) < 4.78 is 19.2. The number of aldehydes is 1. The van der Waals surface area contributed by atoms with Gasteiger partial charge in [0.2, 0.25) is 0 Å². The Hall–Kier alpha value is -2.83. The maximum atomic E-state index is 13.6. The first-order valence-electron chi connectivity index (χ1n) is 7.50. The van der Waals surface area contributed by atoms with Crippen molar-refractivity contribution in [3.05, 3.63) is 42.0 Å². The standard InChI is InChI=1S/C17H15FN2O4/c18-15-6-11(1-2-12(15)9-21)13-7-19-17(20-8-13)24-14-3-10(4-14)5-16(22)23/h1-2,6-10,14H,3-5H2,(H,22,23). The molecule has 0 radical (unpaired) electrons. The summed E-state index contributed by atoms with van der Waals surface area (Å²) in [6.07, 6.45) is 4.94. The number of carboxylic acids is 1. The van der Waals surface area contributed by atoms with Gasteiger partial charge in [-0.1, -0.05) is 6.07 Å². The van der Waals surface area contributed by atoms with Crippen LogP contribution in [0.3, 0.4) is 0 Å². The van der Waals surface area contributed by atoms with Crippen molar-refractivity contribution < 1.29 is 23.8 Å². The van der Waals surface area contributed by atoms with E-state index in [1.807, 2.05) is 0 Å². The van der Waals surface area contributed by atoms with Crippen molar-refractivity contribution >= 4 is 12.3 Å². The van der Waals surface area contributed by atoms with Gasteiger partial charge in [-0.2, -0.15) is 0 Å². The molecule has 0 aliphatic heterocycles. The number of hydrogen-bond donors (Lipinski definition) is 1. The summed E-state index contributed by atoms with van der Waals surface area (Å²) >= 11 is 0. The fraction of sp³-hybridized carbons (Fsp3) is 0.294. The zero-order valence-electron chi connectivity index (χ0n) is 12.7. The fourth-order valence-corrected chi connectivity index (χ4v) is 2.66. The molecule has 7 heteroatoms. The third-order valence-corrected chi connectivity index (χ3v) is 4.02. The van der Waals surface area contributed by atoms with E-state index < -0.39 is 11.8 Å². The second-order valence-corrected chi connectivity index (χ2v) is 5.78. The van der Waals surface area contributed by atoms with Gasteiger partial charge < -0.3 is 9.84 Å². The summed E-state index contributed by atoms with van der Waals surface area (Å²) in [5.74, 6) is -1.25. The Labute approximate surface area is 137 Å². The van der Waals surface area contributed by atoms with Crippen molar-refractivity contribution in [2.24, 2.45) is 5.92 Å². The number of carboxylic acid groups (broad SMARTS) is 1. The first-order valence-corrected chi connectivity index (χ1v) is 7.50. The van der Waals surface area contributed by atoms with Crippen LogP contribution in [0.15, 0.2) is 30.6 Å². The summed E-state index contributed by atoms with van der Waals surface area (Å²) in [6, 6.07) is 4.49. The first-order chi connectivity index (χ1) is 11.5. The fourth-order valence-electron chi connectivity index (χ4n) is 2.66. The van der Waals surface area contributed by atoms with Crippen molar-refractivity contribution in [2.75, 3.05) is 0 Å². The summed E-state index contributed by atoms with van der Waals surface area (Å²) in [4.78, 5) is 29.4. The van der Waals surface area contributed by atoms with Crippen LogP contribution in [-0.2, 0) is 4.79 Å². The van der Waals surface area contributed by atoms with E-state index in [1.54, 1.807) is 6.07 Å². The molecule has 124 valence electrons. The highest BCUT2D eigenvalue weighted by atomic mass is 19.1. The molecule has 24 heavy (non-hydrogen) atoms. The SMILES string of the molecule is O=Cc1ccc(-c2cnc(OC3CC(CC(=O)O)C3)nc2)cc1F. The largest absolute Gasteiger partial charge is 0.481 e. The molecule has 0 spiro atoms. The molecule has 0 amide bonds. The number of carbonyl (C=O) groups excluding carboxylic acids is 1. The minimum Gasteiger partial charge on any atom is -0.481 e. The Morgan fingerprint density at radius 3 is 2.58 bits per heavy atom. The molecule has 3 rings (SSSR count). The van der Waals surface area contributed by atoms with E-state index >= 15 is 0 Å². The minimum atomic E-state index is -0.799. The number of benzene rings is 1. The maximum Gasteiger partial charge on any atom is 0.316 e. The number of hydrogen-bond acceptors (Lipinski definition) is 5. The molecule has 6 nitrogen and oxygen atoms in total. The van der Waals surface area contributed by atoms with Crippen molar-refractivity contribution in [1.29, 1.82) is 0 Å². The highest BCUT2D eigenvalue weighted by Crippen LogP contribution is 2.33. The van der Waals surface area contributed by atoms with E-state index in [2.05, 4.69) is 9.97 Å². The van der Waals surface area contributed by atoms with Crippen molar-refractivity contribution in [2.45, 2.75) is 25.4 Å². The highest BCUT2D eigenvalue weighted by Gasteiger charge is 2.32. The van der Waals surface area contributed by atoms with Crippen LogP contribution in [0.1, 0.15) is 29.6 Å². The molecule has 0 bridgehead atoms. The van der Waals surface area contributed by atoms with Gasteiger partial charge in [-0.25, -0.2) is 14.4 Å². The van der Waals surface area contributed by atoms with Gasteiger partial charge in [0.25, 0.3) is 0 Å². The van der Waals surface area contributed by atoms with E-state index in [4.69, 9.17) is 9.84 Å². The predicted molar refractivity (Wildman–Crippen MR) is 82.2 cm³/mol. The van der Waals surface area contributed by atoms with Gasteiger partial charge in [0, 0.05) is 24.4 Å². The summed E-state index contributed by atoms with van der Waals surface area (Å²) in [5, 5.41) is 8.70. The average molecular weight is 330 g/mol. The lowest BCUT2D eigenvalue weighted by Gasteiger charge is -2.33. The Kier molecular flexibility index (Phi) is 4.50. The van der Waals surface area contributed by atoms with Crippen molar-refractivity contribution in [3.8, 4) is 17.1 Å². The minimum absolute atomic E-state index is 0.000482. The summed E-state index contributed by atoms with van der Waals surface area (Å²) in [7, 11) is 0. The van der Waals surface area contributed by atoms with Gasteiger partial charge in [0.15, 0.2) is 6.29 Å². The molecule has 0 atom stereocenters. The quantitative estimate of drug-likeness (QED) is 0.819. The predicted octanol–water partition coefficient (Wildman–Crippen LogP) is 2.73. The zero-order chi connectivity index (χ0) is 17.1. The van der Waals surface area contributed by atoms with Crippen LogP contribution in [0.25, 0.3) is 11.1 Å². The molecular formula is C17H15FN2O4. The molecule has 0 unspecified atom stereocenters. The van der Waals surface area contributed by atoms with Gasteiger partial charge >= 0.3 is 12.0 Å². The van der Waals surface area contributed by atoms with Crippen molar-refractivity contribution in [1.82, 2.24) is 9.97 Å². The Balaban J connectivity index is 1.61. The Morgan fingerprint density at radius 2 is 2.00 bits per heavy atom. The zero-order valence-corrected chi connectivity index (χ0v) is 12.7. The molecule has 1 fully saturated rings. The van der Waals surface area contributed by atoms with Gasteiger partial charge in [-0.15, -0.1) is 0 Å². The molecule has 1 aromatic heterocycles. The molecule has 1 aliphatic carbocycles. The van der Waals surface area contributed by atoms with E-state index in [0.717, 1.165) is 0 Å². The second kappa shape index (κ2) is 6.74. The Morgan fingerprint density at radius 1 is 1.29 bits per heavy atom. The van der Waals surface area contributed by atoms with Crippen LogP contribution in [0.2, 0.25) is 0 Å². The normalized spacial score (nSPS) is 19.4. The lowest BCUT2D eigenvalue weighted by Crippen LogP contribution is -2.35. The summed E-state index contributed by atoms with van der Waals surface area (Å²) in [6.45, 7) is 0. The van der Waals surface area contributed by atoms with Crippen LogP contribution in [0, 0.1) is 11.7 Å². The Bertz CT molecular complexity index is 758. The average Bonchev–Trinajstić information content (AvgIpc) is 2.53. The van der Waals surface area contributed by atoms with Crippen molar-refractivity contribution in [3.63, 3.8) is 0 Å². The van der Waals surface area contributed by atoms with Gasteiger partial charge in [0.1, 0.15) is 11.9 Å². The van der Waals surface area contributed by atoms with Gasteiger partial charge in [0.05, 0.1) is 5.56 Å². The van der Waals surface area contributed by atoms with Crippen LogP contribution >= 0.6 is 0 Å². The number of aliphatic carboxylic acids is 1. The summed E-state index contributed by atoms with van der Waals surface area (Å²) in [5.41, 5.74) is 1.17. The molecule has 1 N–H and O–H groups in total. The van der Waals surface area contributed by atoms with Crippen LogP contribution in [-0.4, -0.2) is 33.4 Å². The highest BCUT2D eigenvalue weighted by molar-refractivity contribution is 5.77. The lowest BCUT2D eigenvalue weighted by atomic mass is 9.80. The number of nitrogens with zero attached hydrogens (tertiary/aromatic N) is 2. The number of carbonyl (C=O) groups is 2. The topological polar surface area (TPSA) is 89.4 Å². The van der Waals surface area contributed by atoms with E-state index in [9.17, 15) is 14.0 Å². The molecule has 1 aliphatic rings. The monoisotopic (exact) mass is 330 g/mol. The first kappa shape index (κ1) is 16.0. The molecular weight excluding hydrogens is 315 g/mol. The second-order valence-electron chi connectivity index (χ2n) is 5.78. The maximum absolute atomic E-state index is 13.6. The lowest BCUT2D eigenvalue weighted by molar-refractivity contribution is -0.139.